The molecule has 0 saturated heterocycles. The Kier molecular flexibility index (Phi) is 6.50. The van der Waals surface area contributed by atoms with Crippen molar-refractivity contribution in [3.05, 3.63) is 18.2 Å². The SMILES string of the molecule is CCOc1cc(N)cc(NCC(O)C(CC)CC)c1. The molecule has 0 spiro atoms. The monoisotopic (exact) mass is 266 g/mol. The Labute approximate surface area is 116 Å². The number of anilines is 2. The van der Waals surface area contributed by atoms with E-state index in [1.54, 1.807) is 6.07 Å². The highest BCUT2D eigenvalue weighted by Gasteiger charge is 2.15. The quantitative estimate of drug-likeness (QED) is 0.633. The number of aliphatic hydroxyl groups excluding tert-OH is 1. The summed E-state index contributed by atoms with van der Waals surface area (Å²) in [5.74, 6) is 1.09. The lowest BCUT2D eigenvalue weighted by Gasteiger charge is -2.21. The standard InChI is InChI=1S/C15H26N2O2/c1-4-11(5-2)15(18)10-17-13-7-12(16)8-14(9-13)19-6-3/h7-9,11,15,17-18H,4-6,10,16H2,1-3H3. The molecule has 4 nitrogen and oxygen atoms in total. The van der Waals surface area contributed by atoms with Crippen LogP contribution in [0.5, 0.6) is 5.75 Å². The zero-order valence-electron chi connectivity index (χ0n) is 12.1. The second-order valence-electron chi connectivity index (χ2n) is 4.75. The van der Waals surface area contributed by atoms with Crippen LogP contribution in [0.2, 0.25) is 0 Å². The van der Waals surface area contributed by atoms with Gasteiger partial charge in [0.1, 0.15) is 5.75 Å². The Bertz CT molecular complexity index is 378. The minimum Gasteiger partial charge on any atom is -0.494 e. The molecule has 0 bridgehead atoms. The minimum absolute atomic E-state index is 0.333. The fraction of sp³-hybridized carbons (Fsp3) is 0.600. The number of hydrogen-bond acceptors (Lipinski definition) is 4. The van der Waals surface area contributed by atoms with E-state index in [1.165, 1.54) is 0 Å². The van der Waals surface area contributed by atoms with Crippen molar-refractivity contribution in [1.29, 1.82) is 0 Å². The van der Waals surface area contributed by atoms with Crippen LogP contribution in [0.15, 0.2) is 18.2 Å². The summed E-state index contributed by atoms with van der Waals surface area (Å²) in [7, 11) is 0. The van der Waals surface area contributed by atoms with Gasteiger partial charge in [-0.25, -0.2) is 0 Å². The molecular formula is C15H26N2O2. The first kappa shape index (κ1) is 15.6. The fourth-order valence-electron chi connectivity index (χ4n) is 2.20. The van der Waals surface area contributed by atoms with Gasteiger partial charge in [-0.05, 0) is 18.9 Å². The summed E-state index contributed by atoms with van der Waals surface area (Å²) in [5.41, 5.74) is 7.37. The van der Waals surface area contributed by atoms with E-state index in [0.717, 1.165) is 24.3 Å². The lowest BCUT2D eigenvalue weighted by Crippen LogP contribution is -2.27. The highest BCUT2D eigenvalue weighted by Crippen LogP contribution is 2.23. The second-order valence-corrected chi connectivity index (χ2v) is 4.75. The molecule has 1 aromatic rings. The predicted octanol–water partition coefficient (Wildman–Crippen LogP) is 2.88. The molecule has 108 valence electrons. The van der Waals surface area contributed by atoms with Crippen LogP contribution >= 0.6 is 0 Å². The number of nitrogen functional groups attached to an aromatic ring is 1. The molecule has 1 rings (SSSR count). The van der Waals surface area contributed by atoms with Crippen molar-refractivity contribution in [1.82, 2.24) is 0 Å². The number of hydrogen-bond donors (Lipinski definition) is 3. The summed E-state index contributed by atoms with van der Waals surface area (Å²) in [4.78, 5) is 0. The van der Waals surface area contributed by atoms with E-state index in [9.17, 15) is 5.11 Å². The Morgan fingerprint density at radius 2 is 1.89 bits per heavy atom. The Morgan fingerprint density at radius 3 is 2.47 bits per heavy atom. The van der Waals surface area contributed by atoms with Gasteiger partial charge in [-0.15, -0.1) is 0 Å². The van der Waals surface area contributed by atoms with Crippen LogP contribution in [0.4, 0.5) is 11.4 Å². The predicted molar refractivity (Wildman–Crippen MR) is 80.6 cm³/mol. The third kappa shape index (κ3) is 4.99. The number of rotatable bonds is 8. The van der Waals surface area contributed by atoms with Gasteiger partial charge < -0.3 is 20.9 Å². The number of nitrogens with two attached hydrogens (primary N) is 1. The van der Waals surface area contributed by atoms with Crippen LogP contribution in [-0.4, -0.2) is 24.4 Å². The van der Waals surface area contributed by atoms with Gasteiger partial charge >= 0.3 is 0 Å². The van der Waals surface area contributed by atoms with E-state index in [0.29, 0.717) is 24.8 Å². The molecule has 1 atom stereocenters. The van der Waals surface area contributed by atoms with Gasteiger partial charge in [0, 0.05) is 30.1 Å². The molecule has 0 heterocycles. The summed E-state index contributed by atoms with van der Waals surface area (Å²) in [6.07, 6.45) is 1.63. The first-order chi connectivity index (χ1) is 9.10. The van der Waals surface area contributed by atoms with E-state index in [-0.39, 0.29) is 6.10 Å². The summed E-state index contributed by atoms with van der Waals surface area (Å²) >= 11 is 0. The fourth-order valence-corrected chi connectivity index (χ4v) is 2.20. The van der Waals surface area contributed by atoms with E-state index >= 15 is 0 Å². The summed E-state index contributed by atoms with van der Waals surface area (Å²) in [5, 5.41) is 13.3. The average molecular weight is 266 g/mol. The molecule has 1 aromatic carbocycles. The molecule has 0 aliphatic rings. The lowest BCUT2D eigenvalue weighted by molar-refractivity contribution is 0.114. The molecule has 4 N–H and O–H groups in total. The molecule has 0 fully saturated rings. The highest BCUT2D eigenvalue weighted by atomic mass is 16.5. The molecule has 0 aliphatic carbocycles. The molecule has 0 amide bonds. The summed E-state index contributed by atoms with van der Waals surface area (Å²) in [6, 6.07) is 5.55. The Morgan fingerprint density at radius 1 is 1.21 bits per heavy atom. The minimum atomic E-state index is -0.341. The maximum absolute atomic E-state index is 10.1. The van der Waals surface area contributed by atoms with Crippen molar-refractivity contribution in [2.24, 2.45) is 5.92 Å². The van der Waals surface area contributed by atoms with Crippen LogP contribution in [0, 0.1) is 5.92 Å². The highest BCUT2D eigenvalue weighted by molar-refractivity contribution is 5.59. The van der Waals surface area contributed by atoms with Crippen molar-refractivity contribution in [3.8, 4) is 5.75 Å². The number of aliphatic hydroxyl groups is 1. The number of ether oxygens (including phenoxy) is 1. The zero-order valence-corrected chi connectivity index (χ0v) is 12.1. The van der Waals surface area contributed by atoms with Crippen molar-refractivity contribution >= 4 is 11.4 Å². The third-order valence-corrected chi connectivity index (χ3v) is 3.35. The summed E-state index contributed by atoms with van der Waals surface area (Å²) in [6.45, 7) is 7.28. The van der Waals surface area contributed by atoms with Gasteiger partial charge in [0.15, 0.2) is 0 Å². The van der Waals surface area contributed by atoms with Crippen LogP contribution in [0.3, 0.4) is 0 Å². The Balaban J connectivity index is 2.61. The van der Waals surface area contributed by atoms with E-state index in [1.807, 2.05) is 19.1 Å². The van der Waals surface area contributed by atoms with Crippen LogP contribution in [0.1, 0.15) is 33.6 Å². The Hall–Kier alpha value is -1.42. The molecule has 0 radical (unpaired) electrons. The largest absolute Gasteiger partial charge is 0.494 e. The van der Waals surface area contributed by atoms with Crippen LogP contribution < -0.4 is 15.8 Å². The van der Waals surface area contributed by atoms with Crippen molar-refractivity contribution in [2.45, 2.75) is 39.7 Å². The first-order valence-electron chi connectivity index (χ1n) is 7.05. The smallest absolute Gasteiger partial charge is 0.123 e. The van der Waals surface area contributed by atoms with Gasteiger partial charge in [-0.3, -0.25) is 0 Å². The average Bonchev–Trinajstić information content (AvgIpc) is 2.37. The molecule has 1 unspecified atom stereocenters. The zero-order chi connectivity index (χ0) is 14.3. The molecule has 0 aliphatic heterocycles. The molecule has 4 heteroatoms. The maximum Gasteiger partial charge on any atom is 0.123 e. The van der Waals surface area contributed by atoms with Gasteiger partial charge in [0.2, 0.25) is 0 Å². The van der Waals surface area contributed by atoms with Crippen molar-refractivity contribution in [2.75, 3.05) is 24.2 Å². The van der Waals surface area contributed by atoms with Gasteiger partial charge in [0.05, 0.1) is 12.7 Å². The summed E-state index contributed by atoms with van der Waals surface area (Å²) < 4.78 is 5.44. The first-order valence-corrected chi connectivity index (χ1v) is 7.05. The normalized spacial score (nSPS) is 12.5. The van der Waals surface area contributed by atoms with Crippen LogP contribution in [0.25, 0.3) is 0 Å². The topological polar surface area (TPSA) is 67.5 Å². The molecular weight excluding hydrogens is 240 g/mol. The lowest BCUT2D eigenvalue weighted by atomic mass is 9.96. The van der Waals surface area contributed by atoms with E-state index in [2.05, 4.69) is 19.2 Å². The van der Waals surface area contributed by atoms with Crippen LogP contribution in [-0.2, 0) is 0 Å². The molecule has 0 aromatic heterocycles. The van der Waals surface area contributed by atoms with Crippen molar-refractivity contribution < 1.29 is 9.84 Å². The van der Waals surface area contributed by atoms with Gasteiger partial charge in [0.25, 0.3) is 0 Å². The molecule has 0 saturated carbocycles. The van der Waals surface area contributed by atoms with Crippen molar-refractivity contribution in [3.63, 3.8) is 0 Å². The third-order valence-electron chi connectivity index (χ3n) is 3.35. The number of nitrogens with one attached hydrogen (secondary N) is 1. The van der Waals surface area contributed by atoms with E-state index in [4.69, 9.17) is 10.5 Å². The second kappa shape index (κ2) is 7.89. The van der Waals surface area contributed by atoms with Gasteiger partial charge in [-0.1, -0.05) is 26.7 Å². The van der Waals surface area contributed by atoms with Gasteiger partial charge in [-0.2, -0.15) is 0 Å². The number of benzene rings is 1. The molecule has 19 heavy (non-hydrogen) atoms. The van der Waals surface area contributed by atoms with E-state index < -0.39 is 0 Å². The maximum atomic E-state index is 10.1.